The molecule has 0 atom stereocenters. The van der Waals surface area contributed by atoms with Gasteiger partial charge in [-0.15, -0.1) is 0 Å². The molecule has 16 heavy (non-hydrogen) atoms. The summed E-state index contributed by atoms with van der Waals surface area (Å²) >= 11 is 3.08. The molecular formula is C10H9BrFN3O. The molecule has 0 saturated carbocycles. The highest BCUT2D eigenvalue weighted by molar-refractivity contribution is 9.10. The van der Waals surface area contributed by atoms with Gasteiger partial charge in [0.25, 0.3) is 0 Å². The SMILES string of the molecule is Cc1c(F)cc(Br)c(O)c1-c1cn[nH]c1N. The third-order valence-corrected chi connectivity index (χ3v) is 2.99. The van der Waals surface area contributed by atoms with Crippen LogP contribution >= 0.6 is 15.9 Å². The number of phenols is 1. The summed E-state index contributed by atoms with van der Waals surface area (Å²) < 4.78 is 13.8. The van der Waals surface area contributed by atoms with Crippen LogP contribution in [0.15, 0.2) is 16.7 Å². The number of nitrogens with one attached hydrogen (secondary N) is 1. The van der Waals surface area contributed by atoms with Crippen LogP contribution in [0.25, 0.3) is 11.1 Å². The number of phenolic OH excluding ortho intramolecular Hbond substituents is 1. The number of halogens is 2. The Hall–Kier alpha value is -1.56. The van der Waals surface area contributed by atoms with E-state index in [-0.39, 0.29) is 16.0 Å². The van der Waals surface area contributed by atoms with E-state index in [0.717, 1.165) is 0 Å². The molecule has 0 spiro atoms. The number of anilines is 1. The predicted octanol–water partition coefficient (Wildman–Crippen LogP) is 2.57. The van der Waals surface area contributed by atoms with E-state index >= 15 is 0 Å². The highest BCUT2D eigenvalue weighted by Gasteiger charge is 2.18. The molecule has 0 saturated heterocycles. The molecule has 6 heteroatoms. The fourth-order valence-corrected chi connectivity index (χ4v) is 1.93. The first-order valence-corrected chi connectivity index (χ1v) is 5.28. The maximum Gasteiger partial charge on any atom is 0.138 e. The maximum atomic E-state index is 13.5. The summed E-state index contributed by atoms with van der Waals surface area (Å²) in [4.78, 5) is 0. The highest BCUT2D eigenvalue weighted by atomic mass is 79.9. The van der Waals surface area contributed by atoms with Crippen LogP contribution in [0.1, 0.15) is 5.56 Å². The van der Waals surface area contributed by atoms with Crippen molar-refractivity contribution in [3.8, 4) is 16.9 Å². The maximum absolute atomic E-state index is 13.5. The Morgan fingerprint density at radius 2 is 2.25 bits per heavy atom. The molecule has 1 aromatic heterocycles. The lowest BCUT2D eigenvalue weighted by Gasteiger charge is -2.10. The van der Waals surface area contributed by atoms with Gasteiger partial charge in [-0.1, -0.05) is 0 Å². The standard InChI is InChI=1S/C10H9BrFN3O/c1-4-7(12)2-6(11)9(16)8(4)5-3-14-15-10(5)13/h2-3,16H,1H3,(H3,13,14,15). The van der Waals surface area contributed by atoms with E-state index in [1.807, 2.05) is 0 Å². The summed E-state index contributed by atoms with van der Waals surface area (Å²) in [6.07, 6.45) is 1.45. The Balaban J connectivity index is 2.79. The molecule has 0 fully saturated rings. The monoisotopic (exact) mass is 285 g/mol. The molecular weight excluding hydrogens is 277 g/mol. The summed E-state index contributed by atoms with van der Waals surface area (Å²) in [6.45, 7) is 1.57. The van der Waals surface area contributed by atoms with Crippen LogP contribution in [-0.4, -0.2) is 15.3 Å². The zero-order chi connectivity index (χ0) is 11.9. The summed E-state index contributed by atoms with van der Waals surface area (Å²) in [5, 5.41) is 16.2. The smallest absolute Gasteiger partial charge is 0.138 e. The van der Waals surface area contributed by atoms with Gasteiger partial charge in [-0.25, -0.2) is 4.39 Å². The van der Waals surface area contributed by atoms with E-state index in [1.165, 1.54) is 12.3 Å². The quantitative estimate of drug-likeness (QED) is 0.754. The van der Waals surface area contributed by atoms with E-state index in [1.54, 1.807) is 6.92 Å². The van der Waals surface area contributed by atoms with Gasteiger partial charge >= 0.3 is 0 Å². The lowest BCUT2D eigenvalue weighted by atomic mass is 10.0. The molecule has 0 amide bonds. The van der Waals surface area contributed by atoms with Gasteiger partial charge in [-0.05, 0) is 34.5 Å². The van der Waals surface area contributed by atoms with Crippen molar-refractivity contribution in [1.29, 1.82) is 0 Å². The fraction of sp³-hybridized carbons (Fsp3) is 0.100. The van der Waals surface area contributed by atoms with E-state index in [2.05, 4.69) is 26.1 Å². The van der Waals surface area contributed by atoms with Gasteiger partial charge in [-0.3, -0.25) is 5.10 Å². The number of rotatable bonds is 1. The zero-order valence-corrected chi connectivity index (χ0v) is 9.97. The number of H-pyrrole nitrogens is 1. The number of benzene rings is 1. The van der Waals surface area contributed by atoms with Gasteiger partial charge in [0.15, 0.2) is 0 Å². The van der Waals surface area contributed by atoms with Crippen LogP contribution in [0.2, 0.25) is 0 Å². The topological polar surface area (TPSA) is 74.9 Å². The van der Waals surface area contributed by atoms with E-state index in [9.17, 15) is 9.50 Å². The van der Waals surface area contributed by atoms with Crippen LogP contribution in [0, 0.1) is 12.7 Å². The van der Waals surface area contributed by atoms with Crippen molar-refractivity contribution in [1.82, 2.24) is 10.2 Å². The second kappa shape index (κ2) is 3.79. The first-order chi connectivity index (χ1) is 7.52. The Labute approximate surface area is 99.4 Å². The Morgan fingerprint density at radius 1 is 1.56 bits per heavy atom. The number of nitrogen functional groups attached to an aromatic ring is 1. The molecule has 4 nitrogen and oxygen atoms in total. The number of aromatic amines is 1. The molecule has 84 valence electrons. The van der Waals surface area contributed by atoms with Gasteiger partial charge in [0, 0.05) is 11.1 Å². The van der Waals surface area contributed by atoms with Crippen molar-refractivity contribution in [3.05, 3.63) is 28.1 Å². The normalized spacial score (nSPS) is 10.7. The first kappa shape index (κ1) is 10.9. The molecule has 0 aliphatic heterocycles. The van der Waals surface area contributed by atoms with Gasteiger partial charge in [-0.2, -0.15) is 5.10 Å². The third kappa shape index (κ3) is 1.55. The molecule has 1 heterocycles. The van der Waals surface area contributed by atoms with E-state index in [0.29, 0.717) is 16.7 Å². The van der Waals surface area contributed by atoms with Crippen LogP contribution in [0.3, 0.4) is 0 Å². The molecule has 0 unspecified atom stereocenters. The van der Waals surface area contributed by atoms with Crippen molar-refractivity contribution in [2.75, 3.05) is 5.73 Å². The molecule has 1 aromatic carbocycles. The zero-order valence-electron chi connectivity index (χ0n) is 8.38. The minimum absolute atomic E-state index is 0.0491. The molecule has 0 bridgehead atoms. The average Bonchev–Trinajstić information content (AvgIpc) is 2.63. The summed E-state index contributed by atoms with van der Waals surface area (Å²) in [5.74, 6) is -0.178. The minimum atomic E-state index is -0.416. The van der Waals surface area contributed by atoms with Crippen molar-refractivity contribution in [2.24, 2.45) is 0 Å². The van der Waals surface area contributed by atoms with Gasteiger partial charge in [0.1, 0.15) is 17.4 Å². The summed E-state index contributed by atoms with van der Waals surface area (Å²) in [5.41, 5.74) is 6.80. The van der Waals surface area contributed by atoms with E-state index in [4.69, 9.17) is 5.73 Å². The average molecular weight is 286 g/mol. The van der Waals surface area contributed by atoms with Gasteiger partial charge < -0.3 is 10.8 Å². The van der Waals surface area contributed by atoms with Crippen molar-refractivity contribution in [2.45, 2.75) is 6.92 Å². The second-order valence-corrected chi connectivity index (χ2v) is 4.24. The van der Waals surface area contributed by atoms with Crippen LogP contribution in [0.5, 0.6) is 5.75 Å². The number of hydrogen-bond acceptors (Lipinski definition) is 3. The molecule has 2 rings (SSSR count). The number of nitrogens with two attached hydrogens (primary N) is 1. The minimum Gasteiger partial charge on any atom is -0.506 e. The van der Waals surface area contributed by atoms with Crippen molar-refractivity contribution in [3.63, 3.8) is 0 Å². The van der Waals surface area contributed by atoms with Crippen LogP contribution in [-0.2, 0) is 0 Å². The van der Waals surface area contributed by atoms with Crippen LogP contribution < -0.4 is 5.73 Å². The Morgan fingerprint density at radius 3 is 2.81 bits per heavy atom. The van der Waals surface area contributed by atoms with Gasteiger partial charge in [0.05, 0.1) is 10.7 Å². The molecule has 0 aliphatic rings. The number of hydrogen-bond donors (Lipinski definition) is 3. The molecule has 4 N–H and O–H groups in total. The predicted molar refractivity (Wildman–Crippen MR) is 62.5 cm³/mol. The van der Waals surface area contributed by atoms with Crippen molar-refractivity contribution >= 4 is 21.7 Å². The number of aromatic nitrogens is 2. The second-order valence-electron chi connectivity index (χ2n) is 3.39. The first-order valence-electron chi connectivity index (χ1n) is 4.49. The fourth-order valence-electron chi connectivity index (χ4n) is 1.53. The number of aromatic hydroxyl groups is 1. The Kier molecular flexibility index (Phi) is 2.59. The molecule has 0 aliphatic carbocycles. The summed E-state index contributed by atoms with van der Waals surface area (Å²) in [7, 11) is 0. The third-order valence-electron chi connectivity index (χ3n) is 2.39. The number of nitrogens with zero attached hydrogens (tertiary/aromatic N) is 1. The summed E-state index contributed by atoms with van der Waals surface area (Å²) in [6, 6.07) is 1.21. The van der Waals surface area contributed by atoms with Gasteiger partial charge in [0.2, 0.25) is 0 Å². The lowest BCUT2D eigenvalue weighted by molar-refractivity contribution is 0.471. The van der Waals surface area contributed by atoms with Crippen LogP contribution in [0.4, 0.5) is 10.2 Å². The lowest BCUT2D eigenvalue weighted by Crippen LogP contribution is -1.93. The van der Waals surface area contributed by atoms with E-state index < -0.39 is 5.82 Å². The Bertz CT molecular complexity index is 527. The molecule has 2 aromatic rings. The van der Waals surface area contributed by atoms with Crippen molar-refractivity contribution < 1.29 is 9.50 Å². The highest BCUT2D eigenvalue weighted by Crippen LogP contribution is 2.40. The molecule has 0 radical (unpaired) electrons. The largest absolute Gasteiger partial charge is 0.506 e.